The van der Waals surface area contributed by atoms with E-state index in [1.165, 1.54) is 12.1 Å². The highest BCUT2D eigenvalue weighted by Crippen LogP contribution is 2.41. The maximum atomic E-state index is 13.5. The van der Waals surface area contributed by atoms with Crippen molar-refractivity contribution in [2.45, 2.75) is 49.6 Å². The van der Waals surface area contributed by atoms with Crippen LogP contribution in [0, 0.1) is 0 Å². The second-order valence-electron chi connectivity index (χ2n) is 8.96. The maximum Gasteiger partial charge on any atom is 0.461 e. The molecule has 11 heteroatoms. The van der Waals surface area contributed by atoms with Gasteiger partial charge in [0.1, 0.15) is 17.2 Å². The SMILES string of the molecule is O[C@H](CNC(c1cccc(Oc2cccc(C3CC3)c2)c1)c1cccc(OC(F)(F)C(F)F)c1)C(F)(F)F. The molecule has 0 aliphatic heterocycles. The fourth-order valence-corrected chi connectivity index (χ4v) is 3.87. The second kappa shape index (κ2) is 11.2. The summed E-state index contributed by atoms with van der Waals surface area (Å²) in [5, 5.41) is 12.1. The van der Waals surface area contributed by atoms with Gasteiger partial charge in [0, 0.05) is 6.54 Å². The molecule has 0 aromatic heterocycles. The third kappa shape index (κ3) is 7.16. The Morgan fingerprint density at radius 3 is 1.95 bits per heavy atom. The Morgan fingerprint density at radius 2 is 1.37 bits per heavy atom. The van der Waals surface area contributed by atoms with Crippen molar-refractivity contribution in [2.75, 3.05) is 6.54 Å². The van der Waals surface area contributed by atoms with Gasteiger partial charge in [0.2, 0.25) is 0 Å². The van der Waals surface area contributed by atoms with Gasteiger partial charge in [-0.1, -0.05) is 36.4 Å². The quantitative estimate of drug-likeness (QED) is 0.251. The van der Waals surface area contributed by atoms with E-state index in [9.17, 15) is 35.8 Å². The van der Waals surface area contributed by atoms with E-state index < -0.39 is 43.2 Å². The van der Waals surface area contributed by atoms with Crippen LogP contribution in [-0.4, -0.2) is 36.5 Å². The van der Waals surface area contributed by atoms with Crippen LogP contribution in [0.2, 0.25) is 0 Å². The molecule has 0 bridgehead atoms. The second-order valence-corrected chi connectivity index (χ2v) is 8.96. The van der Waals surface area contributed by atoms with Crippen LogP contribution in [0.15, 0.2) is 72.8 Å². The first kappa shape index (κ1) is 27.7. The Morgan fingerprint density at radius 1 is 0.816 bits per heavy atom. The van der Waals surface area contributed by atoms with Crippen molar-refractivity contribution in [3.63, 3.8) is 0 Å². The lowest BCUT2D eigenvalue weighted by Crippen LogP contribution is -2.40. The first-order valence-electron chi connectivity index (χ1n) is 11.7. The molecule has 0 radical (unpaired) electrons. The van der Waals surface area contributed by atoms with E-state index in [1.54, 1.807) is 30.3 Å². The van der Waals surface area contributed by atoms with Crippen LogP contribution in [0.3, 0.4) is 0 Å². The molecule has 0 heterocycles. The summed E-state index contributed by atoms with van der Waals surface area (Å²) >= 11 is 0. The Labute approximate surface area is 214 Å². The van der Waals surface area contributed by atoms with Crippen molar-refractivity contribution in [3.05, 3.63) is 89.5 Å². The number of aliphatic hydroxyl groups is 1. The van der Waals surface area contributed by atoms with Crippen LogP contribution in [0.1, 0.15) is 41.5 Å². The van der Waals surface area contributed by atoms with Gasteiger partial charge in [-0.2, -0.15) is 30.7 Å². The summed E-state index contributed by atoms with van der Waals surface area (Å²) in [5.41, 5.74) is 1.64. The molecule has 4 nitrogen and oxygen atoms in total. The predicted molar refractivity (Wildman–Crippen MR) is 125 cm³/mol. The van der Waals surface area contributed by atoms with Crippen molar-refractivity contribution in [1.29, 1.82) is 0 Å². The van der Waals surface area contributed by atoms with Crippen molar-refractivity contribution in [1.82, 2.24) is 5.32 Å². The van der Waals surface area contributed by atoms with E-state index in [1.807, 2.05) is 18.2 Å². The predicted octanol–water partition coefficient (Wildman–Crippen LogP) is 7.20. The Bertz CT molecular complexity index is 1230. The van der Waals surface area contributed by atoms with Gasteiger partial charge in [-0.05, 0) is 71.8 Å². The van der Waals surface area contributed by atoms with Crippen LogP contribution in [0.5, 0.6) is 17.2 Å². The molecule has 204 valence electrons. The van der Waals surface area contributed by atoms with E-state index in [4.69, 9.17) is 4.74 Å². The number of alkyl halides is 7. The molecule has 3 aromatic rings. The normalized spacial score (nSPS) is 15.8. The minimum Gasteiger partial charge on any atom is -0.457 e. The van der Waals surface area contributed by atoms with Crippen LogP contribution >= 0.6 is 0 Å². The Hall–Kier alpha value is -3.31. The van der Waals surface area contributed by atoms with Gasteiger partial charge in [0.05, 0.1) is 6.04 Å². The molecule has 4 rings (SSSR count). The van der Waals surface area contributed by atoms with Crippen molar-refractivity contribution >= 4 is 0 Å². The molecule has 0 amide bonds. The fraction of sp³-hybridized carbons (Fsp3) is 0.333. The standard InChI is InChI=1S/C27H24F7NO3/c28-25(29)27(33,34)38-22-9-3-6-19(14-22)24(35-15-23(36)26(30,31)32)18-5-2-8-21(13-18)37-20-7-1-4-17(12-20)16-10-11-16/h1-9,12-14,16,23-25,35-36H,10-11,15H2/t23-,24?/m1/s1. The van der Waals surface area contributed by atoms with E-state index in [0.717, 1.165) is 30.5 Å². The highest BCUT2D eigenvalue weighted by Gasteiger charge is 2.44. The zero-order valence-electron chi connectivity index (χ0n) is 19.8. The van der Waals surface area contributed by atoms with Crippen LogP contribution < -0.4 is 14.8 Å². The summed E-state index contributed by atoms with van der Waals surface area (Å²) in [4.78, 5) is 0. The monoisotopic (exact) mass is 543 g/mol. The summed E-state index contributed by atoms with van der Waals surface area (Å²) in [6, 6.07) is 17.5. The molecule has 1 saturated carbocycles. The number of nitrogens with one attached hydrogen (secondary N) is 1. The maximum absolute atomic E-state index is 13.5. The van der Waals surface area contributed by atoms with Gasteiger partial charge < -0.3 is 19.9 Å². The van der Waals surface area contributed by atoms with E-state index in [0.29, 0.717) is 23.0 Å². The molecule has 1 unspecified atom stereocenters. The average molecular weight is 543 g/mol. The lowest BCUT2D eigenvalue weighted by molar-refractivity contribution is -0.253. The molecule has 2 atom stereocenters. The third-order valence-electron chi connectivity index (χ3n) is 5.93. The molecular weight excluding hydrogens is 519 g/mol. The van der Waals surface area contributed by atoms with Crippen molar-refractivity contribution < 1.29 is 45.3 Å². The summed E-state index contributed by atoms with van der Waals surface area (Å²) in [6.07, 6.45) is -14.3. The average Bonchev–Trinajstić information content (AvgIpc) is 3.70. The molecule has 1 fully saturated rings. The molecule has 1 aliphatic rings. The highest BCUT2D eigenvalue weighted by atomic mass is 19.4. The number of hydrogen-bond donors (Lipinski definition) is 2. The summed E-state index contributed by atoms with van der Waals surface area (Å²) < 4.78 is 101. The van der Waals surface area contributed by atoms with Crippen molar-refractivity contribution in [3.8, 4) is 17.2 Å². The summed E-state index contributed by atoms with van der Waals surface area (Å²) in [7, 11) is 0. The highest BCUT2D eigenvalue weighted by molar-refractivity contribution is 5.42. The van der Waals surface area contributed by atoms with E-state index in [2.05, 4.69) is 10.1 Å². The van der Waals surface area contributed by atoms with E-state index >= 15 is 0 Å². The zero-order valence-corrected chi connectivity index (χ0v) is 19.8. The molecule has 0 saturated heterocycles. The van der Waals surface area contributed by atoms with Crippen LogP contribution in [0.4, 0.5) is 30.7 Å². The lowest BCUT2D eigenvalue weighted by Gasteiger charge is -2.24. The van der Waals surface area contributed by atoms with Gasteiger partial charge >= 0.3 is 18.7 Å². The molecule has 38 heavy (non-hydrogen) atoms. The number of halogens is 7. The first-order valence-corrected chi connectivity index (χ1v) is 11.7. The topological polar surface area (TPSA) is 50.7 Å². The number of benzene rings is 3. The number of rotatable bonds is 11. The van der Waals surface area contributed by atoms with Gasteiger partial charge in [-0.15, -0.1) is 0 Å². The number of aliphatic hydroxyl groups excluding tert-OH is 1. The smallest absolute Gasteiger partial charge is 0.457 e. The molecule has 0 spiro atoms. The van der Waals surface area contributed by atoms with Gasteiger partial charge in [-0.25, -0.2) is 0 Å². The Kier molecular flexibility index (Phi) is 8.17. The largest absolute Gasteiger partial charge is 0.461 e. The molecule has 2 N–H and O–H groups in total. The number of hydrogen-bond acceptors (Lipinski definition) is 4. The molecule has 3 aromatic carbocycles. The first-order chi connectivity index (χ1) is 17.9. The zero-order chi connectivity index (χ0) is 27.5. The third-order valence-corrected chi connectivity index (χ3v) is 5.93. The van der Waals surface area contributed by atoms with Crippen LogP contribution in [-0.2, 0) is 0 Å². The lowest BCUT2D eigenvalue weighted by atomic mass is 9.98. The Balaban J connectivity index is 1.62. The van der Waals surface area contributed by atoms with Gasteiger partial charge in [-0.3, -0.25) is 0 Å². The van der Waals surface area contributed by atoms with Gasteiger partial charge in [0.25, 0.3) is 0 Å². The number of ether oxygens (including phenoxy) is 2. The van der Waals surface area contributed by atoms with Crippen molar-refractivity contribution in [2.24, 2.45) is 0 Å². The fourth-order valence-electron chi connectivity index (χ4n) is 3.87. The summed E-state index contributed by atoms with van der Waals surface area (Å²) in [6.45, 7) is -0.930. The van der Waals surface area contributed by atoms with Crippen LogP contribution in [0.25, 0.3) is 0 Å². The molecule has 1 aliphatic carbocycles. The molecular formula is C27H24F7NO3. The van der Waals surface area contributed by atoms with E-state index in [-0.39, 0.29) is 5.56 Å². The minimum atomic E-state index is -4.90. The summed E-state index contributed by atoms with van der Waals surface area (Å²) in [5.74, 6) is 0.800. The minimum absolute atomic E-state index is 0.134. The van der Waals surface area contributed by atoms with Gasteiger partial charge in [0.15, 0.2) is 6.10 Å².